The number of hydrogen-bond donors (Lipinski definition) is 0. The lowest BCUT2D eigenvalue weighted by molar-refractivity contribution is 0.267. The van der Waals surface area contributed by atoms with E-state index in [-0.39, 0.29) is 11.2 Å². The normalized spacial score (nSPS) is 12.8. The zero-order chi connectivity index (χ0) is 12.2. The third kappa shape index (κ3) is 4.06. The first-order valence-corrected chi connectivity index (χ1v) is 5.64. The Balaban J connectivity index is 2.59. The number of halogens is 1. The smallest absolute Gasteiger partial charge is 0.123 e. The van der Waals surface area contributed by atoms with Gasteiger partial charge in [-0.3, -0.25) is 0 Å². The van der Waals surface area contributed by atoms with E-state index in [9.17, 15) is 4.39 Å². The minimum Gasteiger partial charge on any atom is -0.207 e. The summed E-state index contributed by atoms with van der Waals surface area (Å²) >= 11 is 0. The lowest BCUT2D eigenvalue weighted by Crippen LogP contribution is -2.16. The van der Waals surface area contributed by atoms with E-state index in [1.807, 2.05) is 0 Å². The average molecular weight is 218 g/mol. The van der Waals surface area contributed by atoms with Gasteiger partial charge in [0.25, 0.3) is 0 Å². The second-order valence-corrected chi connectivity index (χ2v) is 5.28. The Morgan fingerprint density at radius 3 is 2.25 bits per heavy atom. The minimum atomic E-state index is -0.214. The molecule has 0 spiro atoms. The number of benzene rings is 1. The highest BCUT2D eigenvalue weighted by molar-refractivity contribution is 5.33. The van der Waals surface area contributed by atoms with Gasteiger partial charge in [-0.05, 0) is 35.6 Å². The van der Waals surface area contributed by atoms with Crippen LogP contribution in [0.25, 0.3) is 0 Å². The van der Waals surface area contributed by atoms with Gasteiger partial charge in [-0.25, -0.2) is 4.39 Å². The maximum Gasteiger partial charge on any atom is 0.123 e. The minimum absolute atomic E-state index is 0.214. The molecule has 0 radical (unpaired) electrons. The van der Waals surface area contributed by atoms with E-state index in [4.69, 9.17) is 0 Å². The van der Waals surface area contributed by atoms with Crippen molar-refractivity contribution in [3.63, 3.8) is 0 Å². The quantitative estimate of drug-likeness (QED) is 0.618. The van der Waals surface area contributed by atoms with Crippen LogP contribution in [0.2, 0.25) is 0 Å². The monoisotopic (exact) mass is 218 g/mol. The standard InChI is InChI=1S/C15H19F/c1-12(15(2,3)4)6-5-7-13-8-10-14(16)11-9-13/h8-12H,6H2,1-4H3. The molecule has 0 N–H and O–H groups in total. The Kier molecular flexibility index (Phi) is 4.12. The van der Waals surface area contributed by atoms with Gasteiger partial charge < -0.3 is 0 Å². The Hall–Kier alpha value is -1.29. The van der Waals surface area contributed by atoms with Crippen molar-refractivity contribution >= 4 is 0 Å². The Morgan fingerprint density at radius 1 is 1.19 bits per heavy atom. The Morgan fingerprint density at radius 2 is 1.75 bits per heavy atom. The van der Waals surface area contributed by atoms with Crippen molar-refractivity contribution in [1.82, 2.24) is 0 Å². The largest absolute Gasteiger partial charge is 0.207 e. The van der Waals surface area contributed by atoms with Crippen LogP contribution in [0.3, 0.4) is 0 Å². The van der Waals surface area contributed by atoms with Crippen molar-refractivity contribution in [3.05, 3.63) is 35.6 Å². The summed E-state index contributed by atoms with van der Waals surface area (Å²) in [5.74, 6) is 6.55. The summed E-state index contributed by atoms with van der Waals surface area (Å²) in [7, 11) is 0. The Labute approximate surface area is 97.9 Å². The molecule has 0 aliphatic heterocycles. The SMILES string of the molecule is CC(CC#Cc1ccc(F)cc1)C(C)(C)C. The lowest BCUT2D eigenvalue weighted by Gasteiger charge is -2.25. The maximum absolute atomic E-state index is 12.6. The first-order valence-electron chi connectivity index (χ1n) is 5.64. The predicted molar refractivity (Wildman–Crippen MR) is 66.5 cm³/mol. The second kappa shape index (κ2) is 5.16. The summed E-state index contributed by atoms with van der Waals surface area (Å²) in [6.07, 6.45) is 0.876. The van der Waals surface area contributed by atoms with E-state index in [0.29, 0.717) is 5.92 Å². The van der Waals surface area contributed by atoms with Gasteiger partial charge in [-0.1, -0.05) is 39.5 Å². The molecule has 0 nitrogen and oxygen atoms in total. The molecule has 16 heavy (non-hydrogen) atoms. The maximum atomic E-state index is 12.6. The van der Waals surface area contributed by atoms with Crippen molar-refractivity contribution in [3.8, 4) is 11.8 Å². The molecule has 86 valence electrons. The highest BCUT2D eigenvalue weighted by Crippen LogP contribution is 2.27. The van der Waals surface area contributed by atoms with Gasteiger partial charge in [0.15, 0.2) is 0 Å². The molecular formula is C15H19F. The fourth-order valence-electron chi connectivity index (χ4n) is 1.15. The first kappa shape index (κ1) is 12.8. The van der Waals surface area contributed by atoms with Gasteiger partial charge in [0, 0.05) is 12.0 Å². The molecule has 0 heterocycles. The van der Waals surface area contributed by atoms with E-state index >= 15 is 0 Å². The molecule has 1 rings (SSSR count). The fraction of sp³-hybridized carbons (Fsp3) is 0.467. The molecular weight excluding hydrogens is 199 g/mol. The predicted octanol–water partition coefficient (Wildman–Crippen LogP) is 4.25. The highest BCUT2D eigenvalue weighted by atomic mass is 19.1. The fourth-order valence-corrected chi connectivity index (χ4v) is 1.15. The van der Waals surface area contributed by atoms with Crippen LogP contribution in [0.15, 0.2) is 24.3 Å². The summed E-state index contributed by atoms with van der Waals surface area (Å²) in [6, 6.07) is 6.31. The zero-order valence-corrected chi connectivity index (χ0v) is 10.5. The van der Waals surface area contributed by atoms with Crippen LogP contribution in [-0.2, 0) is 0 Å². The van der Waals surface area contributed by atoms with Crippen LogP contribution >= 0.6 is 0 Å². The molecule has 0 aromatic heterocycles. The van der Waals surface area contributed by atoms with Crippen LogP contribution in [0.5, 0.6) is 0 Å². The molecule has 0 saturated heterocycles. The van der Waals surface area contributed by atoms with Gasteiger partial charge in [-0.2, -0.15) is 0 Å². The van der Waals surface area contributed by atoms with Gasteiger partial charge >= 0.3 is 0 Å². The van der Waals surface area contributed by atoms with Crippen LogP contribution in [-0.4, -0.2) is 0 Å². The van der Waals surface area contributed by atoms with E-state index in [0.717, 1.165) is 12.0 Å². The molecule has 0 bridgehead atoms. The summed E-state index contributed by atoms with van der Waals surface area (Å²) in [4.78, 5) is 0. The summed E-state index contributed by atoms with van der Waals surface area (Å²) in [6.45, 7) is 8.87. The van der Waals surface area contributed by atoms with Crippen molar-refractivity contribution in [2.24, 2.45) is 11.3 Å². The lowest BCUT2D eigenvalue weighted by atomic mass is 9.80. The molecule has 0 aliphatic carbocycles. The molecule has 1 unspecified atom stereocenters. The molecule has 1 atom stereocenters. The summed E-state index contributed by atoms with van der Waals surface area (Å²) in [5.41, 5.74) is 1.17. The average Bonchev–Trinajstić information content (AvgIpc) is 2.19. The van der Waals surface area contributed by atoms with E-state index in [1.54, 1.807) is 12.1 Å². The van der Waals surface area contributed by atoms with Crippen molar-refractivity contribution in [2.45, 2.75) is 34.1 Å². The zero-order valence-electron chi connectivity index (χ0n) is 10.5. The van der Waals surface area contributed by atoms with Gasteiger partial charge in [-0.15, -0.1) is 0 Å². The van der Waals surface area contributed by atoms with Gasteiger partial charge in [0.05, 0.1) is 0 Å². The molecule has 0 saturated carbocycles. The summed E-state index contributed by atoms with van der Waals surface area (Å²) < 4.78 is 12.6. The summed E-state index contributed by atoms with van der Waals surface area (Å²) in [5, 5.41) is 0. The van der Waals surface area contributed by atoms with Gasteiger partial charge in [0.2, 0.25) is 0 Å². The molecule has 1 aromatic rings. The number of rotatable bonds is 1. The molecule has 1 aromatic carbocycles. The van der Waals surface area contributed by atoms with Crippen LogP contribution in [0, 0.1) is 29.0 Å². The number of hydrogen-bond acceptors (Lipinski definition) is 0. The van der Waals surface area contributed by atoms with Crippen molar-refractivity contribution in [1.29, 1.82) is 0 Å². The van der Waals surface area contributed by atoms with Crippen LogP contribution in [0.4, 0.5) is 4.39 Å². The molecule has 0 amide bonds. The molecule has 0 fully saturated rings. The van der Waals surface area contributed by atoms with E-state index in [2.05, 4.69) is 39.5 Å². The third-order valence-electron chi connectivity index (χ3n) is 2.96. The highest BCUT2D eigenvalue weighted by Gasteiger charge is 2.18. The van der Waals surface area contributed by atoms with E-state index < -0.39 is 0 Å². The third-order valence-corrected chi connectivity index (χ3v) is 2.96. The topological polar surface area (TPSA) is 0 Å². The molecule has 1 heteroatoms. The van der Waals surface area contributed by atoms with Gasteiger partial charge in [0.1, 0.15) is 5.82 Å². The first-order chi connectivity index (χ1) is 7.39. The molecule has 0 aliphatic rings. The van der Waals surface area contributed by atoms with Crippen molar-refractivity contribution in [2.75, 3.05) is 0 Å². The van der Waals surface area contributed by atoms with E-state index in [1.165, 1.54) is 12.1 Å². The van der Waals surface area contributed by atoms with Crippen LogP contribution in [0.1, 0.15) is 39.7 Å². The Bertz CT molecular complexity index is 384. The van der Waals surface area contributed by atoms with Crippen molar-refractivity contribution < 1.29 is 4.39 Å². The van der Waals surface area contributed by atoms with Crippen LogP contribution < -0.4 is 0 Å². The second-order valence-electron chi connectivity index (χ2n) is 5.28.